The molecular formula is C16H19NO2S. The van der Waals surface area contributed by atoms with E-state index in [-0.39, 0.29) is 5.78 Å². The van der Waals surface area contributed by atoms with Gasteiger partial charge >= 0.3 is 0 Å². The summed E-state index contributed by atoms with van der Waals surface area (Å²) in [6, 6.07) is 6.26. The quantitative estimate of drug-likeness (QED) is 0.853. The molecule has 1 unspecified atom stereocenters. The van der Waals surface area contributed by atoms with Crippen molar-refractivity contribution in [2.75, 3.05) is 5.75 Å². The van der Waals surface area contributed by atoms with Gasteiger partial charge in [0.05, 0.1) is 18.3 Å². The van der Waals surface area contributed by atoms with Crippen molar-refractivity contribution in [1.29, 1.82) is 0 Å². The minimum absolute atomic E-state index is 0.200. The summed E-state index contributed by atoms with van der Waals surface area (Å²) in [4.78, 5) is 12.3. The molecule has 1 aromatic carbocycles. The third-order valence-electron chi connectivity index (χ3n) is 4.02. The lowest BCUT2D eigenvalue weighted by Gasteiger charge is -2.16. The molecule has 1 aliphatic rings. The fourth-order valence-corrected chi connectivity index (χ4v) is 3.23. The number of rotatable bonds is 3. The number of aromatic nitrogens is 1. The van der Waals surface area contributed by atoms with Crippen LogP contribution in [0, 0.1) is 6.92 Å². The van der Waals surface area contributed by atoms with Crippen molar-refractivity contribution in [3.63, 3.8) is 0 Å². The van der Waals surface area contributed by atoms with Gasteiger partial charge in [0.2, 0.25) is 0 Å². The Morgan fingerprint density at radius 3 is 2.95 bits per heavy atom. The van der Waals surface area contributed by atoms with Crippen LogP contribution in [0.3, 0.4) is 0 Å². The van der Waals surface area contributed by atoms with Crippen LogP contribution >= 0.6 is 12.6 Å². The van der Waals surface area contributed by atoms with Crippen molar-refractivity contribution in [2.45, 2.75) is 38.8 Å². The highest BCUT2D eigenvalue weighted by Crippen LogP contribution is 2.33. The summed E-state index contributed by atoms with van der Waals surface area (Å²) in [5.74, 6) is 0.598. The average Bonchev–Trinajstić information content (AvgIpc) is 2.74. The zero-order chi connectivity index (χ0) is 14.3. The van der Waals surface area contributed by atoms with Crippen LogP contribution in [0.15, 0.2) is 18.2 Å². The minimum atomic E-state index is -0.533. The van der Waals surface area contributed by atoms with E-state index in [1.807, 2.05) is 4.57 Å². The van der Waals surface area contributed by atoms with E-state index in [1.54, 1.807) is 0 Å². The van der Waals surface area contributed by atoms with Gasteiger partial charge in [0.1, 0.15) is 0 Å². The number of Topliss-reactive ketones (excluding diaryl/α,β-unsaturated/α-hetero) is 1. The van der Waals surface area contributed by atoms with E-state index in [2.05, 4.69) is 37.8 Å². The van der Waals surface area contributed by atoms with Gasteiger partial charge in [0.25, 0.3) is 0 Å². The highest BCUT2D eigenvalue weighted by Gasteiger charge is 2.26. The Kier molecular flexibility index (Phi) is 3.61. The van der Waals surface area contributed by atoms with Gasteiger partial charge in [0, 0.05) is 23.1 Å². The number of aryl methyl sites for hydroxylation is 2. The highest BCUT2D eigenvalue weighted by atomic mass is 32.1. The number of aliphatic hydroxyl groups excluding tert-OH is 1. The third kappa shape index (κ3) is 2.17. The maximum atomic E-state index is 12.3. The zero-order valence-electron chi connectivity index (χ0n) is 11.6. The molecule has 1 N–H and O–H groups in total. The van der Waals surface area contributed by atoms with E-state index in [0.29, 0.717) is 18.7 Å². The SMILES string of the molecule is Cc1ccc2c(c1)c1c(n2CC(O)CS)C(=O)CCC1. The second-order valence-corrected chi connectivity index (χ2v) is 5.94. The van der Waals surface area contributed by atoms with Crippen molar-refractivity contribution in [3.8, 4) is 0 Å². The Morgan fingerprint density at radius 1 is 1.40 bits per heavy atom. The predicted molar refractivity (Wildman–Crippen MR) is 83.8 cm³/mol. The lowest BCUT2D eigenvalue weighted by atomic mass is 9.94. The number of carbonyl (C=O) groups is 1. The van der Waals surface area contributed by atoms with Crippen LogP contribution in [0.2, 0.25) is 0 Å². The van der Waals surface area contributed by atoms with Crippen LogP contribution in [0.4, 0.5) is 0 Å². The summed E-state index contributed by atoms with van der Waals surface area (Å²) in [7, 11) is 0. The van der Waals surface area contributed by atoms with Crippen molar-refractivity contribution in [3.05, 3.63) is 35.0 Å². The Labute approximate surface area is 124 Å². The Balaban J connectivity index is 2.25. The van der Waals surface area contributed by atoms with E-state index in [4.69, 9.17) is 0 Å². The molecule has 3 nitrogen and oxygen atoms in total. The standard InChI is InChI=1S/C16H19NO2S/c1-10-5-6-14-13(7-10)12-3-2-4-15(19)16(12)17(14)8-11(18)9-20/h5-7,11,18,20H,2-4,8-9H2,1H3. The molecule has 106 valence electrons. The van der Waals surface area contributed by atoms with E-state index in [0.717, 1.165) is 29.6 Å². The van der Waals surface area contributed by atoms with E-state index in [1.165, 1.54) is 10.9 Å². The molecule has 0 saturated carbocycles. The van der Waals surface area contributed by atoms with Crippen molar-refractivity contribution >= 4 is 29.3 Å². The van der Waals surface area contributed by atoms with Crippen LogP contribution in [-0.2, 0) is 13.0 Å². The van der Waals surface area contributed by atoms with Crippen molar-refractivity contribution in [2.24, 2.45) is 0 Å². The Hall–Kier alpha value is -1.26. The third-order valence-corrected chi connectivity index (χ3v) is 4.44. The molecule has 1 heterocycles. The number of hydrogen-bond acceptors (Lipinski definition) is 3. The normalized spacial score (nSPS) is 16.4. The second-order valence-electron chi connectivity index (χ2n) is 5.57. The molecule has 0 amide bonds. The molecule has 20 heavy (non-hydrogen) atoms. The molecule has 1 aliphatic carbocycles. The smallest absolute Gasteiger partial charge is 0.179 e. The largest absolute Gasteiger partial charge is 0.390 e. The molecule has 0 bridgehead atoms. The van der Waals surface area contributed by atoms with Crippen LogP contribution in [-0.4, -0.2) is 27.3 Å². The van der Waals surface area contributed by atoms with Gasteiger partial charge in [-0.2, -0.15) is 12.6 Å². The number of carbonyl (C=O) groups excluding carboxylic acids is 1. The maximum absolute atomic E-state index is 12.3. The first-order chi connectivity index (χ1) is 9.61. The summed E-state index contributed by atoms with van der Waals surface area (Å²) in [6.45, 7) is 2.50. The number of hydrogen-bond donors (Lipinski definition) is 2. The van der Waals surface area contributed by atoms with Gasteiger partial charge in [-0.1, -0.05) is 11.6 Å². The number of thiol groups is 1. The fourth-order valence-electron chi connectivity index (χ4n) is 3.11. The Morgan fingerprint density at radius 2 is 2.20 bits per heavy atom. The lowest BCUT2D eigenvalue weighted by molar-refractivity contribution is 0.0959. The van der Waals surface area contributed by atoms with E-state index < -0.39 is 6.10 Å². The molecule has 0 radical (unpaired) electrons. The summed E-state index contributed by atoms with van der Waals surface area (Å²) >= 11 is 4.14. The number of fused-ring (bicyclic) bond motifs is 3. The molecule has 0 aliphatic heterocycles. The topological polar surface area (TPSA) is 42.2 Å². The number of aliphatic hydroxyl groups is 1. The highest BCUT2D eigenvalue weighted by molar-refractivity contribution is 7.80. The van der Waals surface area contributed by atoms with Gasteiger partial charge in [-0.3, -0.25) is 4.79 Å². The van der Waals surface area contributed by atoms with Crippen molar-refractivity contribution < 1.29 is 9.90 Å². The van der Waals surface area contributed by atoms with E-state index in [9.17, 15) is 9.90 Å². The summed E-state index contributed by atoms with van der Waals surface area (Å²) < 4.78 is 1.99. The van der Waals surface area contributed by atoms with Crippen LogP contribution < -0.4 is 0 Å². The van der Waals surface area contributed by atoms with Gasteiger partial charge < -0.3 is 9.67 Å². The van der Waals surface area contributed by atoms with Crippen LogP contribution in [0.25, 0.3) is 10.9 Å². The van der Waals surface area contributed by atoms with E-state index >= 15 is 0 Å². The molecule has 0 saturated heterocycles. The summed E-state index contributed by atoms with van der Waals surface area (Å²) in [5.41, 5.74) is 4.21. The molecule has 1 atom stereocenters. The Bertz CT molecular complexity index is 675. The first kappa shape index (κ1) is 13.7. The predicted octanol–water partition coefficient (Wildman–Crippen LogP) is 2.76. The molecule has 0 spiro atoms. The first-order valence-corrected chi connectivity index (χ1v) is 7.69. The maximum Gasteiger partial charge on any atom is 0.179 e. The van der Waals surface area contributed by atoms with Crippen LogP contribution in [0.5, 0.6) is 0 Å². The first-order valence-electron chi connectivity index (χ1n) is 7.05. The van der Waals surface area contributed by atoms with Gasteiger partial charge in [-0.05, 0) is 37.5 Å². The van der Waals surface area contributed by atoms with Gasteiger partial charge in [-0.15, -0.1) is 0 Å². The average molecular weight is 289 g/mol. The lowest BCUT2D eigenvalue weighted by Crippen LogP contribution is -2.22. The second kappa shape index (κ2) is 5.26. The molecule has 3 rings (SSSR count). The number of ketones is 1. The van der Waals surface area contributed by atoms with Gasteiger partial charge in [0.15, 0.2) is 5.78 Å². The number of benzene rings is 1. The molecular weight excluding hydrogens is 270 g/mol. The summed E-state index contributed by atoms with van der Waals surface area (Å²) in [5, 5.41) is 11.1. The van der Waals surface area contributed by atoms with Crippen LogP contribution in [0.1, 0.15) is 34.5 Å². The summed E-state index contributed by atoms with van der Waals surface area (Å²) in [6.07, 6.45) is 1.95. The minimum Gasteiger partial charge on any atom is -0.390 e. The van der Waals surface area contributed by atoms with Crippen molar-refractivity contribution in [1.82, 2.24) is 4.57 Å². The molecule has 2 aromatic rings. The molecule has 1 aromatic heterocycles. The van der Waals surface area contributed by atoms with Gasteiger partial charge in [-0.25, -0.2) is 0 Å². The molecule has 4 heteroatoms. The molecule has 0 fully saturated rings. The number of nitrogens with zero attached hydrogens (tertiary/aromatic N) is 1. The zero-order valence-corrected chi connectivity index (χ0v) is 12.5. The monoisotopic (exact) mass is 289 g/mol. The fraction of sp³-hybridized carbons (Fsp3) is 0.438.